The largest absolute Gasteiger partial charge is 0.497 e. The third kappa shape index (κ3) is 6.28. The SMILES string of the molecule is COc1cc(OC)cc(C2C(C(=O)OCc3ccccc3)=C(C)N=C3SC=C(CC(=O)Nc4ccc(F)cc4)N32)c1. The van der Waals surface area contributed by atoms with Gasteiger partial charge in [0.1, 0.15) is 23.9 Å². The molecule has 41 heavy (non-hydrogen) atoms. The summed E-state index contributed by atoms with van der Waals surface area (Å²) in [6, 6.07) is 19.7. The highest BCUT2D eigenvalue weighted by Crippen LogP contribution is 2.46. The minimum atomic E-state index is -0.672. The predicted molar refractivity (Wildman–Crippen MR) is 156 cm³/mol. The molecule has 0 fully saturated rings. The molecule has 1 unspecified atom stereocenters. The fraction of sp³-hybridized carbons (Fsp3) is 0.194. The topological polar surface area (TPSA) is 89.5 Å². The molecule has 0 saturated heterocycles. The van der Waals surface area contributed by atoms with E-state index >= 15 is 0 Å². The van der Waals surface area contributed by atoms with Crippen LogP contribution in [-0.2, 0) is 20.9 Å². The number of hydrogen-bond donors (Lipinski definition) is 1. The number of methoxy groups -OCH3 is 2. The Morgan fingerprint density at radius 3 is 2.34 bits per heavy atom. The number of allylic oxidation sites excluding steroid dienone is 1. The van der Waals surface area contributed by atoms with Crippen molar-refractivity contribution < 1.29 is 28.2 Å². The molecular formula is C31H28FN3O5S. The van der Waals surface area contributed by atoms with Crippen LogP contribution < -0.4 is 14.8 Å². The van der Waals surface area contributed by atoms with E-state index in [1.807, 2.05) is 52.8 Å². The number of amidine groups is 1. The molecular weight excluding hydrogens is 545 g/mol. The first-order valence-corrected chi connectivity index (χ1v) is 13.7. The summed E-state index contributed by atoms with van der Waals surface area (Å²) in [6.45, 7) is 1.87. The number of nitrogens with one attached hydrogen (secondary N) is 1. The van der Waals surface area contributed by atoms with E-state index in [1.165, 1.54) is 36.0 Å². The van der Waals surface area contributed by atoms with E-state index in [0.29, 0.717) is 44.9 Å². The van der Waals surface area contributed by atoms with Gasteiger partial charge in [0.15, 0.2) is 5.17 Å². The Morgan fingerprint density at radius 1 is 1.00 bits per heavy atom. The Kier molecular flexibility index (Phi) is 8.39. The number of carbonyl (C=O) groups is 2. The molecule has 1 atom stereocenters. The van der Waals surface area contributed by atoms with Gasteiger partial charge in [0.05, 0.1) is 38.0 Å². The summed E-state index contributed by atoms with van der Waals surface area (Å²) >= 11 is 1.37. The van der Waals surface area contributed by atoms with Crippen LogP contribution in [0, 0.1) is 5.82 Å². The lowest BCUT2D eigenvalue weighted by atomic mass is 9.93. The first kappa shape index (κ1) is 28.0. The van der Waals surface area contributed by atoms with Gasteiger partial charge in [-0.25, -0.2) is 14.2 Å². The quantitative estimate of drug-likeness (QED) is 0.305. The molecule has 1 amide bonds. The van der Waals surface area contributed by atoms with Crippen LogP contribution in [0.5, 0.6) is 11.5 Å². The maximum Gasteiger partial charge on any atom is 0.338 e. The van der Waals surface area contributed by atoms with Crippen molar-refractivity contribution in [1.82, 2.24) is 4.90 Å². The summed E-state index contributed by atoms with van der Waals surface area (Å²) in [7, 11) is 3.11. The summed E-state index contributed by atoms with van der Waals surface area (Å²) in [5.74, 6) is -0.120. The number of halogens is 1. The molecule has 2 aliphatic rings. The fourth-order valence-electron chi connectivity index (χ4n) is 4.64. The van der Waals surface area contributed by atoms with E-state index in [1.54, 1.807) is 27.2 Å². The maximum absolute atomic E-state index is 13.7. The Hall–Kier alpha value is -4.57. The fourth-order valence-corrected chi connectivity index (χ4v) is 5.60. The molecule has 0 aromatic heterocycles. The smallest absolute Gasteiger partial charge is 0.338 e. The summed E-state index contributed by atoms with van der Waals surface area (Å²) in [5, 5.41) is 5.27. The number of benzene rings is 3. The lowest BCUT2D eigenvalue weighted by molar-refractivity contribution is -0.141. The number of aliphatic imine (C=N–C) groups is 1. The lowest BCUT2D eigenvalue weighted by Crippen LogP contribution is -2.37. The van der Waals surface area contributed by atoms with Crippen LogP contribution in [0.1, 0.15) is 30.5 Å². The first-order chi connectivity index (χ1) is 19.9. The molecule has 2 aliphatic heterocycles. The first-order valence-electron chi connectivity index (χ1n) is 12.8. The second-order valence-corrected chi connectivity index (χ2v) is 10.2. The van der Waals surface area contributed by atoms with Gasteiger partial charge in [-0.15, -0.1) is 0 Å². The number of ether oxygens (including phenoxy) is 3. The van der Waals surface area contributed by atoms with Crippen LogP contribution >= 0.6 is 11.8 Å². The highest BCUT2D eigenvalue weighted by Gasteiger charge is 2.41. The molecule has 0 aliphatic carbocycles. The molecule has 210 valence electrons. The van der Waals surface area contributed by atoms with Gasteiger partial charge in [0.2, 0.25) is 5.91 Å². The van der Waals surface area contributed by atoms with Crippen molar-refractivity contribution >= 4 is 34.5 Å². The van der Waals surface area contributed by atoms with Crippen molar-refractivity contribution in [3.63, 3.8) is 0 Å². The molecule has 0 spiro atoms. The number of carbonyl (C=O) groups excluding carboxylic acids is 2. The van der Waals surface area contributed by atoms with Gasteiger partial charge in [-0.3, -0.25) is 4.79 Å². The molecule has 3 aromatic carbocycles. The molecule has 10 heteroatoms. The van der Waals surface area contributed by atoms with Gasteiger partial charge >= 0.3 is 5.97 Å². The van der Waals surface area contributed by atoms with Crippen molar-refractivity contribution in [1.29, 1.82) is 0 Å². The summed E-state index contributed by atoms with van der Waals surface area (Å²) < 4.78 is 30.1. The normalized spacial score (nSPS) is 16.0. The van der Waals surface area contributed by atoms with E-state index in [0.717, 1.165) is 5.56 Å². The van der Waals surface area contributed by atoms with Crippen molar-refractivity contribution in [2.75, 3.05) is 19.5 Å². The highest BCUT2D eigenvalue weighted by atomic mass is 32.2. The molecule has 1 N–H and O–H groups in total. The van der Waals surface area contributed by atoms with E-state index in [-0.39, 0.29) is 18.9 Å². The van der Waals surface area contributed by atoms with E-state index < -0.39 is 17.8 Å². The molecule has 0 radical (unpaired) electrons. The van der Waals surface area contributed by atoms with Crippen molar-refractivity contribution in [2.24, 2.45) is 4.99 Å². The molecule has 8 nitrogen and oxygen atoms in total. The second kappa shape index (κ2) is 12.3. The molecule has 5 rings (SSSR count). The van der Waals surface area contributed by atoms with Gasteiger partial charge in [-0.1, -0.05) is 42.1 Å². The second-order valence-electron chi connectivity index (χ2n) is 9.33. The maximum atomic E-state index is 13.7. The Bertz CT molecular complexity index is 1530. The van der Waals surface area contributed by atoms with Crippen LogP contribution in [0.2, 0.25) is 0 Å². The summed E-state index contributed by atoms with van der Waals surface area (Å²) in [6.07, 6.45) is -0.00755. The molecule has 0 bridgehead atoms. The van der Waals surface area contributed by atoms with Crippen LogP contribution in [0.25, 0.3) is 0 Å². The van der Waals surface area contributed by atoms with Gasteiger partial charge in [-0.2, -0.15) is 0 Å². The van der Waals surface area contributed by atoms with E-state index in [4.69, 9.17) is 19.2 Å². The average Bonchev–Trinajstić information content (AvgIpc) is 3.37. The minimum absolute atomic E-state index is 0.00755. The zero-order valence-corrected chi connectivity index (χ0v) is 23.5. The van der Waals surface area contributed by atoms with Crippen molar-refractivity contribution in [3.8, 4) is 11.5 Å². The zero-order valence-electron chi connectivity index (χ0n) is 22.7. The number of nitrogens with zero attached hydrogens (tertiary/aromatic N) is 2. The van der Waals surface area contributed by atoms with Gasteiger partial charge in [-0.05, 0) is 59.9 Å². The van der Waals surface area contributed by atoms with Gasteiger partial charge in [0, 0.05) is 17.5 Å². The average molecular weight is 574 g/mol. The van der Waals surface area contributed by atoms with Gasteiger partial charge < -0.3 is 24.4 Å². The van der Waals surface area contributed by atoms with Crippen LogP contribution in [0.3, 0.4) is 0 Å². The number of rotatable bonds is 9. The van der Waals surface area contributed by atoms with Crippen molar-refractivity contribution in [2.45, 2.75) is 26.0 Å². The number of amides is 1. The lowest BCUT2D eigenvalue weighted by Gasteiger charge is -2.36. The molecule has 2 heterocycles. The van der Waals surface area contributed by atoms with Crippen molar-refractivity contribution in [3.05, 3.63) is 112 Å². The van der Waals surface area contributed by atoms with Crippen LogP contribution in [-0.4, -0.2) is 36.2 Å². The Labute approximate surface area is 241 Å². The zero-order chi connectivity index (χ0) is 28.9. The van der Waals surface area contributed by atoms with Crippen LogP contribution in [0.4, 0.5) is 10.1 Å². The Balaban J connectivity index is 1.49. The summed E-state index contributed by atoms with van der Waals surface area (Å²) in [5.41, 5.74) is 3.53. The molecule has 0 saturated carbocycles. The minimum Gasteiger partial charge on any atom is -0.497 e. The summed E-state index contributed by atoms with van der Waals surface area (Å²) in [4.78, 5) is 33.3. The predicted octanol–water partition coefficient (Wildman–Crippen LogP) is 6.19. The van der Waals surface area contributed by atoms with Crippen LogP contribution in [0.15, 0.2) is 100 Å². The third-order valence-electron chi connectivity index (χ3n) is 6.59. The number of esters is 1. The highest BCUT2D eigenvalue weighted by molar-refractivity contribution is 8.16. The number of hydrogen-bond acceptors (Lipinski definition) is 8. The van der Waals surface area contributed by atoms with E-state index in [2.05, 4.69) is 5.32 Å². The van der Waals surface area contributed by atoms with E-state index in [9.17, 15) is 14.0 Å². The number of anilines is 1. The molecule has 3 aromatic rings. The monoisotopic (exact) mass is 573 g/mol. The Morgan fingerprint density at radius 2 is 1.68 bits per heavy atom. The third-order valence-corrected chi connectivity index (χ3v) is 7.48. The van der Waals surface area contributed by atoms with Gasteiger partial charge in [0.25, 0.3) is 0 Å². The number of fused-ring (bicyclic) bond motifs is 1. The number of thioether (sulfide) groups is 1. The standard InChI is InChI=1S/C31H28FN3O5S/c1-19-28(30(37)40-17-20-7-5-4-6-8-20)29(21-13-25(38-2)16-26(14-21)39-3)35-24(18-41-31(35)33-19)15-27(36)34-23-11-9-22(32)10-12-23/h4-14,16,18,29H,15,17H2,1-3H3,(H,34,36).